The fourth-order valence-electron chi connectivity index (χ4n) is 1.48. The van der Waals surface area contributed by atoms with E-state index in [-0.39, 0.29) is 6.10 Å². The van der Waals surface area contributed by atoms with Crippen LogP contribution in [-0.4, -0.2) is 9.04 Å². The molecule has 1 rings (SSSR count). The summed E-state index contributed by atoms with van der Waals surface area (Å²) in [6, 6.07) is 10.3. The highest BCUT2D eigenvalue weighted by molar-refractivity contribution is 6.62. The van der Waals surface area contributed by atoms with E-state index in [1.165, 1.54) is 5.56 Å². The molecule has 0 aliphatic heterocycles. The monoisotopic (exact) mass is 218 g/mol. The summed E-state index contributed by atoms with van der Waals surface area (Å²) in [7, 11) is -1.41. The van der Waals surface area contributed by atoms with E-state index in [9.17, 15) is 0 Å². The second-order valence-electron chi connectivity index (χ2n) is 3.38. The molecule has 0 N–H and O–H groups in total. The highest BCUT2D eigenvalue weighted by atomic mass is 28.3. The van der Waals surface area contributed by atoms with E-state index in [4.69, 9.17) is 4.43 Å². The molecule has 0 radical (unpaired) electrons. The molecule has 80 valence electrons. The van der Waals surface area contributed by atoms with Crippen molar-refractivity contribution < 1.29 is 4.43 Å². The standard InChI is InChI=1S/C13H18OSi/c1-4-13(14-15(5-2)6-3)12-10-8-7-9-11-12/h5-11,13,15H,2-4H2,1H3. The Balaban J connectivity index is 2.72. The summed E-state index contributed by atoms with van der Waals surface area (Å²) >= 11 is 0. The Morgan fingerprint density at radius 1 is 1.27 bits per heavy atom. The zero-order valence-electron chi connectivity index (χ0n) is 9.23. The summed E-state index contributed by atoms with van der Waals surface area (Å²) in [6.45, 7) is 9.69. The third kappa shape index (κ3) is 3.50. The van der Waals surface area contributed by atoms with Crippen molar-refractivity contribution in [2.75, 3.05) is 0 Å². The fourth-order valence-corrected chi connectivity index (χ4v) is 2.62. The average molecular weight is 218 g/mol. The van der Waals surface area contributed by atoms with Gasteiger partial charge >= 0.3 is 0 Å². The predicted octanol–water partition coefficient (Wildman–Crippen LogP) is 3.33. The molecule has 0 saturated carbocycles. The Labute approximate surface area is 93.8 Å². The molecule has 0 amide bonds. The molecule has 2 heteroatoms. The van der Waals surface area contributed by atoms with Crippen molar-refractivity contribution in [3.63, 3.8) is 0 Å². The van der Waals surface area contributed by atoms with Gasteiger partial charge in [0.25, 0.3) is 0 Å². The van der Waals surface area contributed by atoms with E-state index in [2.05, 4.69) is 32.2 Å². The summed E-state index contributed by atoms with van der Waals surface area (Å²) in [5.41, 5.74) is 5.04. The van der Waals surface area contributed by atoms with E-state index in [0.717, 1.165) is 6.42 Å². The van der Waals surface area contributed by atoms with Gasteiger partial charge in [-0.1, -0.05) is 48.7 Å². The molecule has 15 heavy (non-hydrogen) atoms. The maximum atomic E-state index is 5.99. The highest BCUT2D eigenvalue weighted by Crippen LogP contribution is 2.21. The Kier molecular flexibility index (Phi) is 5.08. The summed E-state index contributed by atoms with van der Waals surface area (Å²) < 4.78 is 5.99. The van der Waals surface area contributed by atoms with Gasteiger partial charge in [-0.25, -0.2) is 0 Å². The molecule has 0 saturated heterocycles. The minimum Gasteiger partial charge on any atom is -0.405 e. The van der Waals surface area contributed by atoms with E-state index in [1.807, 2.05) is 29.6 Å². The molecular formula is C13H18OSi. The van der Waals surface area contributed by atoms with Crippen LogP contribution in [-0.2, 0) is 4.43 Å². The maximum Gasteiger partial charge on any atom is 0.225 e. The maximum absolute atomic E-state index is 5.99. The zero-order valence-corrected chi connectivity index (χ0v) is 10.4. The number of benzene rings is 1. The molecule has 0 aliphatic rings. The van der Waals surface area contributed by atoms with Crippen LogP contribution in [0.4, 0.5) is 0 Å². The normalized spacial score (nSPS) is 12.4. The van der Waals surface area contributed by atoms with Crippen molar-refractivity contribution in [1.29, 1.82) is 0 Å². The first-order valence-corrected chi connectivity index (χ1v) is 7.07. The van der Waals surface area contributed by atoms with Gasteiger partial charge in [-0.2, -0.15) is 0 Å². The van der Waals surface area contributed by atoms with Crippen LogP contribution in [0.2, 0.25) is 0 Å². The first-order valence-electron chi connectivity index (χ1n) is 5.27. The minimum atomic E-state index is -1.41. The van der Waals surface area contributed by atoms with Crippen LogP contribution in [0.3, 0.4) is 0 Å². The van der Waals surface area contributed by atoms with Crippen molar-refractivity contribution in [3.8, 4) is 0 Å². The zero-order chi connectivity index (χ0) is 11.1. The molecule has 1 aromatic rings. The Morgan fingerprint density at radius 3 is 2.33 bits per heavy atom. The first-order chi connectivity index (χ1) is 7.31. The lowest BCUT2D eigenvalue weighted by molar-refractivity contribution is 0.209. The van der Waals surface area contributed by atoms with Crippen molar-refractivity contribution in [1.82, 2.24) is 0 Å². The molecule has 0 bridgehead atoms. The van der Waals surface area contributed by atoms with Gasteiger partial charge in [0.15, 0.2) is 0 Å². The lowest BCUT2D eigenvalue weighted by atomic mass is 10.1. The summed E-state index contributed by atoms with van der Waals surface area (Å²) in [5.74, 6) is 0. The second kappa shape index (κ2) is 6.38. The lowest BCUT2D eigenvalue weighted by Crippen LogP contribution is -2.16. The minimum absolute atomic E-state index is 0.180. The summed E-state index contributed by atoms with van der Waals surface area (Å²) in [5, 5.41) is 0. The molecule has 1 aromatic carbocycles. The van der Waals surface area contributed by atoms with Gasteiger partial charge < -0.3 is 4.43 Å². The SMILES string of the molecule is C=C[SiH](C=C)OC(CC)c1ccccc1. The van der Waals surface area contributed by atoms with Crippen LogP contribution in [0.25, 0.3) is 0 Å². The van der Waals surface area contributed by atoms with Crippen LogP contribution in [0.1, 0.15) is 25.0 Å². The quantitative estimate of drug-likeness (QED) is 0.666. The third-order valence-electron chi connectivity index (χ3n) is 2.33. The topological polar surface area (TPSA) is 9.23 Å². The Bertz CT molecular complexity index is 300. The molecule has 0 spiro atoms. The highest BCUT2D eigenvalue weighted by Gasteiger charge is 2.12. The van der Waals surface area contributed by atoms with Gasteiger partial charge in [-0.05, 0) is 12.0 Å². The summed E-state index contributed by atoms with van der Waals surface area (Å²) in [6.07, 6.45) is 1.16. The summed E-state index contributed by atoms with van der Waals surface area (Å²) in [4.78, 5) is 0. The molecule has 0 aliphatic carbocycles. The second-order valence-corrected chi connectivity index (χ2v) is 5.52. The molecule has 0 fully saturated rings. The van der Waals surface area contributed by atoms with E-state index < -0.39 is 9.04 Å². The van der Waals surface area contributed by atoms with Crippen LogP contribution in [0.5, 0.6) is 0 Å². The average Bonchev–Trinajstić information content (AvgIpc) is 2.32. The molecule has 0 aromatic heterocycles. The van der Waals surface area contributed by atoms with Gasteiger partial charge in [0.2, 0.25) is 9.04 Å². The van der Waals surface area contributed by atoms with Gasteiger partial charge in [-0.3, -0.25) is 0 Å². The molecule has 1 atom stereocenters. The van der Waals surface area contributed by atoms with Crippen LogP contribution >= 0.6 is 0 Å². The van der Waals surface area contributed by atoms with E-state index >= 15 is 0 Å². The van der Waals surface area contributed by atoms with E-state index in [0.29, 0.717) is 0 Å². The Morgan fingerprint density at radius 2 is 1.87 bits per heavy atom. The van der Waals surface area contributed by atoms with Gasteiger partial charge in [0, 0.05) is 0 Å². The fraction of sp³-hybridized carbons (Fsp3) is 0.231. The van der Waals surface area contributed by atoms with Gasteiger partial charge in [0.05, 0.1) is 6.10 Å². The third-order valence-corrected chi connectivity index (χ3v) is 3.90. The van der Waals surface area contributed by atoms with Crippen LogP contribution in [0, 0.1) is 0 Å². The van der Waals surface area contributed by atoms with Crippen LogP contribution in [0.15, 0.2) is 54.9 Å². The molecule has 1 nitrogen and oxygen atoms in total. The lowest BCUT2D eigenvalue weighted by Gasteiger charge is -2.19. The molecular weight excluding hydrogens is 200 g/mol. The van der Waals surface area contributed by atoms with Crippen molar-refractivity contribution >= 4 is 9.04 Å². The van der Waals surface area contributed by atoms with Crippen LogP contribution < -0.4 is 0 Å². The number of hydrogen-bond acceptors (Lipinski definition) is 1. The molecule has 0 heterocycles. The van der Waals surface area contributed by atoms with Gasteiger partial charge in [0.1, 0.15) is 0 Å². The van der Waals surface area contributed by atoms with Crippen molar-refractivity contribution in [2.45, 2.75) is 19.4 Å². The number of hydrogen-bond donors (Lipinski definition) is 0. The van der Waals surface area contributed by atoms with Gasteiger partial charge in [-0.15, -0.1) is 13.2 Å². The first kappa shape index (κ1) is 11.9. The Hall–Kier alpha value is -1.12. The largest absolute Gasteiger partial charge is 0.405 e. The predicted molar refractivity (Wildman–Crippen MR) is 68.1 cm³/mol. The van der Waals surface area contributed by atoms with Crippen molar-refractivity contribution in [2.24, 2.45) is 0 Å². The smallest absolute Gasteiger partial charge is 0.225 e. The van der Waals surface area contributed by atoms with Crippen molar-refractivity contribution in [3.05, 3.63) is 60.5 Å². The van der Waals surface area contributed by atoms with E-state index in [1.54, 1.807) is 0 Å². The molecule has 1 unspecified atom stereocenters. The number of rotatable bonds is 6.